The number of nitrogens with one attached hydrogen (secondary N) is 1. The lowest BCUT2D eigenvalue weighted by molar-refractivity contribution is -0.385. The summed E-state index contributed by atoms with van der Waals surface area (Å²) >= 11 is 5.75. The predicted octanol–water partition coefficient (Wildman–Crippen LogP) is 2.32. The molecule has 0 spiro atoms. The summed E-state index contributed by atoms with van der Waals surface area (Å²) in [7, 11) is 0. The van der Waals surface area contributed by atoms with Crippen LogP contribution in [0.5, 0.6) is 0 Å². The number of nitrogens with zero attached hydrogens (tertiary/aromatic N) is 1. The van der Waals surface area contributed by atoms with E-state index in [1.165, 1.54) is 6.07 Å². The number of piperidine rings is 1. The zero-order chi connectivity index (χ0) is 13.1. The molecule has 0 bridgehead atoms. The molecule has 1 saturated heterocycles. The van der Waals surface area contributed by atoms with Gasteiger partial charge in [0.1, 0.15) is 0 Å². The molecule has 0 radical (unpaired) electrons. The average Bonchev–Trinajstić information content (AvgIpc) is 2.34. The molecule has 1 aromatic carbocycles. The average molecular weight is 269 g/mol. The highest BCUT2D eigenvalue weighted by molar-refractivity contribution is 6.30. The maximum absolute atomic E-state index is 11.6. The SMILES string of the molecule is O=C1NCCCC1Cc1ccc(Cl)cc1[N+](=O)[O-]. The third kappa shape index (κ3) is 2.79. The molecule has 1 fully saturated rings. The second-order valence-corrected chi connectivity index (χ2v) is 4.80. The van der Waals surface area contributed by atoms with Gasteiger partial charge in [-0.1, -0.05) is 17.7 Å². The lowest BCUT2D eigenvalue weighted by Gasteiger charge is -2.21. The number of hydrogen-bond donors (Lipinski definition) is 1. The Morgan fingerprint density at radius 1 is 1.50 bits per heavy atom. The van der Waals surface area contributed by atoms with E-state index < -0.39 is 4.92 Å². The van der Waals surface area contributed by atoms with Crippen molar-refractivity contribution in [3.05, 3.63) is 38.9 Å². The summed E-state index contributed by atoms with van der Waals surface area (Å²) in [5, 5.41) is 14.1. The minimum atomic E-state index is -0.456. The molecule has 6 heteroatoms. The largest absolute Gasteiger partial charge is 0.356 e. The third-order valence-electron chi connectivity index (χ3n) is 3.11. The summed E-state index contributed by atoms with van der Waals surface area (Å²) in [6.07, 6.45) is 2.07. The lowest BCUT2D eigenvalue weighted by Crippen LogP contribution is -2.37. The standard InChI is InChI=1S/C12H13ClN2O3/c13-10-4-3-8(11(7-10)15(17)18)6-9-2-1-5-14-12(9)16/h3-4,7,9H,1-2,5-6H2,(H,14,16). The Hall–Kier alpha value is -1.62. The van der Waals surface area contributed by atoms with Crippen molar-refractivity contribution in [2.45, 2.75) is 19.3 Å². The zero-order valence-electron chi connectivity index (χ0n) is 9.69. The van der Waals surface area contributed by atoms with Crippen LogP contribution < -0.4 is 5.32 Å². The summed E-state index contributed by atoms with van der Waals surface area (Å²) in [5.74, 6) is -0.205. The summed E-state index contributed by atoms with van der Waals surface area (Å²) < 4.78 is 0. The van der Waals surface area contributed by atoms with E-state index in [1.54, 1.807) is 12.1 Å². The fraction of sp³-hybridized carbons (Fsp3) is 0.417. The molecule has 1 aromatic rings. The Kier molecular flexibility index (Phi) is 3.81. The van der Waals surface area contributed by atoms with Crippen molar-refractivity contribution >= 4 is 23.2 Å². The number of nitro benzene ring substituents is 1. The van der Waals surface area contributed by atoms with E-state index in [9.17, 15) is 14.9 Å². The minimum absolute atomic E-state index is 0.0131. The molecule has 1 atom stereocenters. The molecule has 1 N–H and O–H groups in total. The van der Waals surface area contributed by atoms with Crippen LogP contribution in [0.2, 0.25) is 5.02 Å². The van der Waals surface area contributed by atoms with Crippen LogP contribution in [0.25, 0.3) is 0 Å². The lowest BCUT2D eigenvalue weighted by atomic mass is 9.91. The van der Waals surface area contributed by atoms with Crippen LogP contribution in [-0.2, 0) is 11.2 Å². The van der Waals surface area contributed by atoms with Gasteiger partial charge in [0.05, 0.1) is 4.92 Å². The number of rotatable bonds is 3. The van der Waals surface area contributed by atoms with Crippen LogP contribution in [0, 0.1) is 16.0 Å². The number of nitro groups is 1. The van der Waals surface area contributed by atoms with E-state index in [1.807, 2.05) is 0 Å². The van der Waals surface area contributed by atoms with Crippen LogP contribution in [0.1, 0.15) is 18.4 Å². The second kappa shape index (κ2) is 5.35. The van der Waals surface area contributed by atoms with Crippen LogP contribution in [0.4, 0.5) is 5.69 Å². The van der Waals surface area contributed by atoms with Crippen molar-refractivity contribution in [1.82, 2.24) is 5.32 Å². The molecule has 1 aliphatic rings. The molecule has 18 heavy (non-hydrogen) atoms. The molecule has 1 aliphatic heterocycles. The summed E-state index contributed by atoms with van der Waals surface area (Å²) in [6, 6.07) is 4.57. The summed E-state index contributed by atoms with van der Waals surface area (Å²) in [6.45, 7) is 0.693. The van der Waals surface area contributed by atoms with Gasteiger partial charge in [-0.25, -0.2) is 0 Å². The van der Waals surface area contributed by atoms with Gasteiger partial charge < -0.3 is 5.32 Å². The molecule has 2 rings (SSSR count). The second-order valence-electron chi connectivity index (χ2n) is 4.36. The fourth-order valence-electron chi connectivity index (χ4n) is 2.18. The number of halogens is 1. The summed E-state index contributed by atoms with van der Waals surface area (Å²) in [4.78, 5) is 22.1. The van der Waals surface area contributed by atoms with Gasteiger partial charge in [-0.3, -0.25) is 14.9 Å². The van der Waals surface area contributed by atoms with Gasteiger partial charge in [0.2, 0.25) is 5.91 Å². The first-order valence-corrected chi connectivity index (χ1v) is 6.16. The summed E-state index contributed by atoms with van der Waals surface area (Å²) in [5.41, 5.74) is 0.548. The zero-order valence-corrected chi connectivity index (χ0v) is 10.4. The normalized spacial score (nSPS) is 19.4. The first kappa shape index (κ1) is 12.8. The Labute approximate surface area is 109 Å². The molecular formula is C12H13ClN2O3. The van der Waals surface area contributed by atoms with Gasteiger partial charge in [0.25, 0.3) is 5.69 Å². The Bertz CT molecular complexity index is 490. The molecule has 1 amide bonds. The maximum atomic E-state index is 11.6. The third-order valence-corrected chi connectivity index (χ3v) is 3.34. The van der Waals surface area contributed by atoms with Gasteiger partial charge in [-0.15, -0.1) is 0 Å². The van der Waals surface area contributed by atoms with Crippen molar-refractivity contribution in [2.75, 3.05) is 6.54 Å². The van der Waals surface area contributed by atoms with Crippen LogP contribution in [0.15, 0.2) is 18.2 Å². The minimum Gasteiger partial charge on any atom is -0.356 e. The highest BCUT2D eigenvalue weighted by Crippen LogP contribution is 2.27. The van der Waals surface area contributed by atoms with Gasteiger partial charge in [0.15, 0.2) is 0 Å². The Morgan fingerprint density at radius 2 is 2.28 bits per heavy atom. The monoisotopic (exact) mass is 268 g/mol. The van der Waals surface area contributed by atoms with E-state index >= 15 is 0 Å². The first-order valence-electron chi connectivity index (χ1n) is 5.78. The molecule has 1 heterocycles. The fourth-order valence-corrected chi connectivity index (χ4v) is 2.34. The number of amides is 1. The van der Waals surface area contributed by atoms with Crippen molar-refractivity contribution in [1.29, 1.82) is 0 Å². The quantitative estimate of drug-likeness (QED) is 0.675. The number of carbonyl (C=O) groups is 1. The molecular weight excluding hydrogens is 256 g/mol. The maximum Gasteiger partial charge on any atom is 0.274 e. The predicted molar refractivity (Wildman–Crippen MR) is 67.5 cm³/mol. The highest BCUT2D eigenvalue weighted by atomic mass is 35.5. The van der Waals surface area contributed by atoms with Gasteiger partial charge >= 0.3 is 0 Å². The smallest absolute Gasteiger partial charge is 0.274 e. The van der Waals surface area contributed by atoms with E-state index in [0.717, 1.165) is 12.8 Å². The number of benzene rings is 1. The molecule has 0 saturated carbocycles. The van der Waals surface area contributed by atoms with Gasteiger partial charge in [0, 0.05) is 29.1 Å². The van der Waals surface area contributed by atoms with E-state index in [-0.39, 0.29) is 17.5 Å². The van der Waals surface area contributed by atoms with Crippen LogP contribution in [0.3, 0.4) is 0 Å². The van der Waals surface area contributed by atoms with Crippen LogP contribution >= 0.6 is 11.6 Å². The Morgan fingerprint density at radius 3 is 2.94 bits per heavy atom. The number of hydrogen-bond acceptors (Lipinski definition) is 3. The van der Waals surface area contributed by atoms with E-state index in [2.05, 4.69) is 5.32 Å². The van der Waals surface area contributed by atoms with Gasteiger partial charge in [-0.2, -0.15) is 0 Å². The molecule has 0 aromatic heterocycles. The molecule has 96 valence electrons. The van der Waals surface area contributed by atoms with Crippen LogP contribution in [-0.4, -0.2) is 17.4 Å². The van der Waals surface area contributed by atoms with Crippen molar-refractivity contribution in [3.63, 3.8) is 0 Å². The van der Waals surface area contributed by atoms with E-state index in [4.69, 9.17) is 11.6 Å². The topological polar surface area (TPSA) is 72.2 Å². The van der Waals surface area contributed by atoms with Crippen molar-refractivity contribution < 1.29 is 9.72 Å². The number of carbonyl (C=O) groups excluding carboxylic acids is 1. The molecule has 0 aliphatic carbocycles. The molecule has 5 nitrogen and oxygen atoms in total. The Balaban J connectivity index is 2.22. The molecule has 1 unspecified atom stereocenters. The van der Waals surface area contributed by atoms with Crippen molar-refractivity contribution in [2.24, 2.45) is 5.92 Å². The van der Waals surface area contributed by atoms with Gasteiger partial charge in [-0.05, 0) is 25.3 Å². The first-order chi connectivity index (χ1) is 8.58. The van der Waals surface area contributed by atoms with Crippen molar-refractivity contribution in [3.8, 4) is 0 Å². The van der Waals surface area contributed by atoms with E-state index in [0.29, 0.717) is 23.6 Å². The highest BCUT2D eigenvalue weighted by Gasteiger charge is 2.25.